The van der Waals surface area contributed by atoms with Gasteiger partial charge in [0.1, 0.15) is 5.76 Å². The Morgan fingerprint density at radius 1 is 1.29 bits per heavy atom. The van der Waals surface area contributed by atoms with Gasteiger partial charge in [0.25, 0.3) is 0 Å². The van der Waals surface area contributed by atoms with Gasteiger partial charge in [0, 0.05) is 18.8 Å². The molecule has 1 N–H and O–H groups in total. The molecule has 0 radical (unpaired) electrons. The van der Waals surface area contributed by atoms with E-state index in [4.69, 9.17) is 9.15 Å². The second kappa shape index (κ2) is 6.02. The van der Waals surface area contributed by atoms with Gasteiger partial charge in [0.2, 0.25) is 5.88 Å². The van der Waals surface area contributed by atoms with Crippen LogP contribution in [0, 0.1) is 3.77 Å². The van der Waals surface area contributed by atoms with Crippen LogP contribution in [0.4, 0.5) is 0 Å². The molecule has 0 atom stereocenters. The van der Waals surface area contributed by atoms with Gasteiger partial charge in [0.05, 0.1) is 13.7 Å². The van der Waals surface area contributed by atoms with E-state index < -0.39 is 0 Å². The minimum atomic E-state index is 0.634. The molecule has 4 nitrogen and oxygen atoms in total. The molecule has 0 unspecified atom stereocenters. The van der Waals surface area contributed by atoms with Gasteiger partial charge in [-0.25, -0.2) is 4.98 Å². The Balaban J connectivity index is 1.81. The molecule has 2 heterocycles. The molecular formula is C12H13IN2O2. The molecule has 5 heteroatoms. The lowest BCUT2D eigenvalue weighted by Gasteiger charge is -2.03. The van der Waals surface area contributed by atoms with Crippen molar-refractivity contribution >= 4 is 22.6 Å². The molecule has 0 saturated heterocycles. The number of hydrogen-bond acceptors (Lipinski definition) is 4. The third-order valence-corrected chi connectivity index (χ3v) is 2.84. The zero-order chi connectivity index (χ0) is 12.1. The van der Waals surface area contributed by atoms with E-state index in [1.807, 2.05) is 24.3 Å². The monoisotopic (exact) mass is 344 g/mol. The Hall–Kier alpha value is -1.08. The van der Waals surface area contributed by atoms with Crippen LogP contribution in [0.5, 0.6) is 5.88 Å². The topological polar surface area (TPSA) is 47.3 Å². The molecule has 2 rings (SSSR count). The van der Waals surface area contributed by atoms with Crippen molar-refractivity contribution in [1.82, 2.24) is 10.3 Å². The van der Waals surface area contributed by atoms with Crippen molar-refractivity contribution in [3.63, 3.8) is 0 Å². The van der Waals surface area contributed by atoms with E-state index in [0.717, 1.165) is 28.2 Å². The van der Waals surface area contributed by atoms with E-state index >= 15 is 0 Å². The van der Waals surface area contributed by atoms with Crippen LogP contribution in [0.25, 0.3) is 0 Å². The summed E-state index contributed by atoms with van der Waals surface area (Å²) < 4.78 is 11.4. The lowest BCUT2D eigenvalue weighted by molar-refractivity contribution is 0.397. The van der Waals surface area contributed by atoms with E-state index in [0.29, 0.717) is 5.88 Å². The molecule has 0 amide bonds. The van der Waals surface area contributed by atoms with Gasteiger partial charge in [0.15, 0.2) is 3.77 Å². The fourth-order valence-corrected chi connectivity index (χ4v) is 1.88. The number of halogens is 1. The van der Waals surface area contributed by atoms with Crippen LogP contribution in [-0.2, 0) is 13.1 Å². The summed E-state index contributed by atoms with van der Waals surface area (Å²) in [5.41, 5.74) is 1.12. The van der Waals surface area contributed by atoms with E-state index in [9.17, 15) is 0 Å². The number of hydrogen-bond donors (Lipinski definition) is 1. The number of methoxy groups -OCH3 is 1. The first-order chi connectivity index (χ1) is 8.28. The van der Waals surface area contributed by atoms with E-state index in [-0.39, 0.29) is 0 Å². The van der Waals surface area contributed by atoms with Crippen LogP contribution >= 0.6 is 22.6 Å². The molecule has 2 aromatic rings. The lowest BCUT2D eigenvalue weighted by Crippen LogP contribution is -2.12. The van der Waals surface area contributed by atoms with Gasteiger partial charge in [-0.1, -0.05) is 6.07 Å². The van der Waals surface area contributed by atoms with Gasteiger partial charge in [-0.3, -0.25) is 0 Å². The summed E-state index contributed by atoms with van der Waals surface area (Å²) in [5, 5.41) is 3.29. The summed E-state index contributed by atoms with van der Waals surface area (Å²) in [5.74, 6) is 1.57. The first-order valence-electron chi connectivity index (χ1n) is 5.22. The smallest absolute Gasteiger partial charge is 0.212 e. The standard InChI is InChI=1S/C12H13IN2O2/c1-16-12-5-2-9(7-15-12)6-14-8-10-3-4-11(13)17-10/h2-5,7,14H,6,8H2,1H3. The maximum absolute atomic E-state index is 5.45. The van der Waals surface area contributed by atoms with Gasteiger partial charge in [-0.15, -0.1) is 0 Å². The summed E-state index contributed by atoms with van der Waals surface area (Å²) in [7, 11) is 1.61. The third-order valence-electron chi connectivity index (χ3n) is 2.26. The molecule has 17 heavy (non-hydrogen) atoms. The highest BCUT2D eigenvalue weighted by Gasteiger charge is 1.99. The number of nitrogens with zero attached hydrogens (tertiary/aromatic N) is 1. The van der Waals surface area contributed by atoms with Crippen LogP contribution in [0.2, 0.25) is 0 Å². The third kappa shape index (κ3) is 3.71. The quantitative estimate of drug-likeness (QED) is 0.847. The number of rotatable bonds is 5. The van der Waals surface area contributed by atoms with Crippen molar-refractivity contribution in [2.45, 2.75) is 13.1 Å². The van der Waals surface area contributed by atoms with E-state index in [1.165, 1.54) is 0 Å². The SMILES string of the molecule is COc1ccc(CNCc2ccc(I)o2)cn1. The van der Waals surface area contributed by atoms with Crippen molar-refractivity contribution < 1.29 is 9.15 Å². The molecule has 0 aliphatic carbocycles. The Morgan fingerprint density at radius 2 is 2.18 bits per heavy atom. The minimum absolute atomic E-state index is 0.634. The van der Waals surface area contributed by atoms with Crippen molar-refractivity contribution in [3.05, 3.63) is 45.6 Å². The second-order valence-electron chi connectivity index (χ2n) is 3.52. The minimum Gasteiger partial charge on any atom is -0.481 e. The number of ether oxygens (including phenoxy) is 1. The van der Waals surface area contributed by atoms with E-state index in [1.54, 1.807) is 13.3 Å². The summed E-state index contributed by atoms with van der Waals surface area (Å²) in [6.45, 7) is 1.48. The normalized spacial score (nSPS) is 10.5. The predicted octanol–water partition coefficient (Wildman–Crippen LogP) is 2.58. The number of aromatic nitrogens is 1. The first-order valence-corrected chi connectivity index (χ1v) is 6.29. The highest BCUT2D eigenvalue weighted by atomic mass is 127. The molecule has 0 aromatic carbocycles. The molecule has 2 aromatic heterocycles. The van der Waals surface area contributed by atoms with E-state index in [2.05, 4.69) is 32.9 Å². The van der Waals surface area contributed by atoms with Crippen LogP contribution in [0.3, 0.4) is 0 Å². The summed E-state index contributed by atoms with van der Waals surface area (Å²) >= 11 is 2.15. The Kier molecular flexibility index (Phi) is 4.38. The largest absolute Gasteiger partial charge is 0.481 e. The maximum Gasteiger partial charge on any atom is 0.212 e. The van der Waals surface area contributed by atoms with Gasteiger partial charge >= 0.3 is 0 Å². The molecule has 90 valence electrons. The number of nitrogens with one attached hydrogen (secondary N) is 1. The number of furan rings is 1. The predicted molar refractivity (Wildman–Crippen MR) is 72.8 cm³/mol. The Morgan fingerprint density at radius 3 is 2.76 bits per heavy atom. The Bertz CT molecular complexity index is 468. The van der Waals surface area contributed by atoms with Crippen molar-refractivity contribution in [3.8, 4) is 5.88 Å². The Labute approximate surface area is 114 Å². The average molecular weight is 344 g/mol. The van der Waals surface area contributed by atoms with Crippen LogP contribution in [0.1, 0.15) is 11.3 Å². The molecule has 0 bridgehead atoms. The molecular weight excluding hydrogens is 331 g/mol. The molecule has 0 saturated carbocycles. The fourth-order valence-electron chi connectivity index (χ4n) is 1.41. The maximum atomic E-state index is 5.45. The highest BCUT2D eigenvalue weighted by Crippen LogP contribution is 2.10. The summed E-state index contributed by atoms with van der Waals surface area (Å²) in [6.07, 6.45) is 1.80. The highest BCUT2D eigenvalue weighted by molar-refractivity contribution is 14.1. The molecule has 0 aliphatic heterocycles. The van der Waals surface area contributed by atoms with Crippen LogP contribution in [-0.4, -0.2) is 12.1 Å². The van der Waals surface area contributed by atoms with Crippen LogP contribution in [0.15, 0.2) is 34.9 Å². The van der Waals surface area contributed by atoms with Gasteiger partial charge < -0.3 is 14.5 Å². The zero-order valence-corrected chi connectivity index (χ0v) is 11.6. The molecule has 0 fully saturated rings. The van der Waals surface area contributed by atoms with Crippen molar-refractivity contribution in [2.75, 3.05) is 7.11 Å². The van der Waals surface area contributed by atoms with Gasteiger partial charge in [-0.05, 0) is 40.3 Å². The van der Waals surface area contributed by atoms with Crippen LogP contribution < -0.4 is 10.1 Å². The second-order valence-corrected chi connectivity index (χ2v) is 4.58. The van der Waals surface area contributed by atoms with Crippen molar-refractivity contribution in [1.29, 1.82) is 0 Å². The fraction of sp³-hybridized carbons (Fsp3) is 0.250. The molecule has 0 aliphatic rings. The summed E-state index contributed by atoms with van der Waals surface area (Å²) in [4.78, 5) is 4.14. The number of pyridine rings is 1. The average Bonchev–Trinajstić information content (AvgIpc) is 2.76. The van der Waals surface area contributed by atoms with Gasteiger partial charge in [-0.2, -0.15) is 0 Å². The van der Waals surface area contributed by atoms with Crippen molar-refractivity contribution in [2.24, 2.45) is 0 Å². The molecule has 0 spiro atoms. The first kappa shape index (κ1) is 12.4. The lowest BCUT2D eigenvalue weighted by atomic mass is 10.3. The zero-order valence-electron chi connectivity index (χ0n) is 9.44. The summed E-state index contributed by atoms with van der Waals surface area (Å²) in [6, 6.07) is 7.77.